The average molecular weight is 304 g/mol. The van der Waals surface area contributed by atoms with Crippen molar-refractivity contribution in [1.29, 1.82) is 0 Å². The lowest BCUT2D eigenvalue weighted by atomic mass is 10.1. The van der Waals surface area contributed by atoms with Gasteiger partial charge < -0.3 is 5.32 Å². The second-order valence-electron chi connectivity index (χ2n) is 3.98. The molecule has 20 heavy (non-hydrogen) atoms. The number of rotatable bonds is 3. The number of hydrogen-bond donors (Lipinski definition) is 2. The lowest BCUT2D eigenvalue weighted by Crippen LogP contribution is -2.12. The Kier molecular flexibility index (Phi) is 3.99. The molecule has 2 rings (SSSR count). The van der Waals surface area contributed by atoms with Crippen LogP contribution in [0.25, 0.3) is 0 Å². The molecule has 0 aliphatic heterocycles. The molecule has 0 aliphatic carbocycles. The van der Waals surface area contributed by atoms with Crippen molar-refractivity contribution in [3.63, 3.8) is 0 Å². The fourth-order valence-electron chi connectivity index (χ4n) is 1.52. The van der Waals surface area contributed by atoms with E-state index in [2.05, 4.69) is 15.5 Å². The molecular weight excluding hydrogens is 295 g/mol. The largest absolute Gasteiger partial charge is 0.416 e. The molecule has 4 nitrogen and oxygen atoms in total. The standard InChI is InChI=1S/C12H9ClF3N3O/c13-10-9(6-18-19-11(10)20)17-5-7-1-3-8(4-2-7)12(14,15)16/h1-4,6H,5H2,(H2,17,19,20). The maximum Gasteiger partial charge on any atom is 0.416 e. The summed E-state index contributed by atoms with van der Waals surface area (Å²) in [7, 11) is 0. The van der Waals surface area contributed by atoms with Crippen LogP contribution in [0.3, 0.4) is 0 Å². The highest BCUT2D eigenvalue weighted by Gasteiger charge is 2.29. The molecule has 1 aromatic heterocycles. The van der Waals surface area contributed by atoms with E-state index in [1.807, 2.05) is 0 Å². The van der Waals surface area contributed by atoms with E-state index in [0.717, 1.165) is 12.1 Å². The van der Waals surface area contributed by atoms with Crippen LogP contribution < -0.4 is 10.9 Å². The Labute approximate surface area is 116 Å². The molecule has 0 radical (unpaired) electrons. The van der Waals surface area contributed by atoms with Crippen molar-refractivity contribution in [2.24, 2.45) is 0 Å². The SMILES string of the molecule is O=c1[nH]ncc(NCc2ccc(C(F)(F)F)cc2)c1Cl. The van der Waals surface area contributed by atoms with Crippen molar-refractivity contribution in [2.45, 2.75) is 12.7 Å². The number of nitrogens with zero attached hydrogens (tertiary/aromatic N) is 1. The van der Waals surface area contributed by atoms with Crippen LogP contribution in [0.4, 0.5) is 18.9 Å². The van der Waals surface area contributed by atoms with Gasteiger partial charge in [-0.05, 0) is 17.7 Å². The van der Waals surface area contributed by atoms with Gasteiger partial charge in [0.25, 0.3) is 5.56 Å². The number of H-pyrrole nitrogens is 1. The number of alkyl halides is 3. The first-order valence-electron chi connectivity index (χ1n) is 5.51. The monoisotopic (exact) mass is 303 g/mol. The van der Waals surface area contributed by atoms with Gasteiger partial charge in [0, 0.05) is 6.54 Å². The van der Waals surface area contributed by atoms with E-state index in [-0.39, 0.29) is 11.6 Å². The molecule has 0 saturated heterocycles. The van der Waals surface area contributed by atoms with Crippen LogP contribution in [-0.2, 0) is 12.7 Å². The highest BCUT2D eigenvalue weighted by atomic mass is 35.5. The van der Waals surface area contributed by atoms with Crippen LogP contribution in [0.2, 0.25) is 5.02 Å². The first-order valence-corrected chi connectivity index (χ1v) is 5.89. The highest BCUT2D eigenvalue weighted by Crippen LogP contribution is 2.29. The van der Waals surface area contributed by atoms with Crippen LogP contribution in [-0.4, -0.2) is 10.2 Å². The summed E-state index contributed by atoms with van der Waals surface area (Å²) in [5.41, 5.74) is -0.314. The second-order valence-corrected chi connectivity index (χ2v) is 4.35. The van der Waals surface area contributed by atoms with Gasteiger partial charge in [0.1, 0.15) is 5.02 Å². The molecule has 0 spiro atoms. The quantitative estimate of drug-likeness (QED) is 0.916. The molecule has 106 valence electrons. The molecule has 0 bridgehead atoms. The van der Waals surface area contributed by atoms with Crippen LogP contribution in [0, 0.1) is 0 Å². The summed E-state index contributed by atoms with van der Waals surface area (Å²) >= 11 is 5.75. The topological polar surface area (TPSA) is 57.8 Å². The van der Waals surface area contributed by atoms with Crippen LogP contribution in [0.15, 0.2) is 35.3 Å². The number of anilines is 1. The fraction of sp³-hybridized carbons (Fsp3) is 0.167. The molecule has 2 aromatic rings. The maximum atomic E-state index is 12.4. The van der Waals surface area contributed by atoms with E-state index in [1.165, 1.54) is 18.3 Å². The third-order valence-corrected chi connectivity index (χ3v) is 2.94. The van der Waals surface area contributed by atoms with E-state index in [0.29, 0.717) is 11.3 Å². The summed E-state index contributed by atoms with van der Waals surface area (Å²) < 4.78 is 37.2. The summed E-state index contributed by atoms with van der Waals surface area (Å²) in [4.78, 5) is 11.2. The number of benzene rings is 1. The molecule has 0 aliphatic rings. The molecule has 2 N–H and O–H groups in total. The molecule has 0 atom stereocenters. The van der Waals surface area contributed by atoms with Crippen molar-refractivity contribution in [2.75, 3.05) is 5.32 Å². The van der Waals surface area contributed by atoms with Gasteiger partial charge in [-0.2, -0.15) is 18.3 Å². The third kappa shape index (κ3) is 3.30. The lowest BCUT2D eigenvalue weighted by molar-refractivity contribution is -0.137. The number of aromatic amines is 1. The van der Waals surface area contributed by atoms with Gasteiger partial charge in [-0.1, -0.05) is 23.7 Å². The first kappa shape index (κ1) is 14.4. The third-order valence-electron chi connectivity index (χ3n) is 2.56. The number of nitrogens with one attached hydrogen (secondary N) is 2. The van der Waals surface area contributed by atoms with Crippen LogP contribution in [0.5, 0.6) is 0 Å². The van der Waals surface area contributed by atoms with E-state index in [1.54, 1.807) is 0 Å². The minimum absolute atomic E-state index is 0.0492. The summed E-state index contributed by atoms with van der Waals surface area (Å²) in [5.74, 6) is 0. The molecule has 1 heterocycles. The molecule has 0 saturated carbocycles. The second kappa shape index (κ2) is 5.54. The Morgan fingerprint density at radius 1 is 1.25 bits per heavy atom. The minimum atomic E-state index is -4.36. The Bertz CT molecular complexity index is 652. The first-order chi connectivity index (χ1) is 9.38. The van der Waals surface area contributed by atoms with Crippen molar-refractivity contribution >= 4 is 17.3 Å². The highest BCUT2D eigenvalue weighted by molar-refractivity contribution is 6.32. The fourth-order valence-corrected chi connectivity index (χ4v) is 1.67. The summed E-state index contributed by atoms with van der Waals surface area (Å²) in [6, 6.07) is 4.69. The van der Waals surface area contributed by atoms with Gasteiger partial charge in [-0.25, -0.2) is 5.10 Å². The van der Waals surface area contributed by atoms with Gasteiger partial charge >= 0.3 is 6.18 Å². The average Bonchev–Trinajstić information content (AvgIpc) is 2.40. The van der Waals surface area contributed by atoms with Crippen molar-refractivity contribution < 1.29 is 13.2 Å². The predicted octanol–water partition coefficient (Wildman–Crippen LogP) is 3.05. The van der Waals surface area contributed by atoms with E-state index >= 15 is 0 Å². The summed E-state index contributed by atoms with van der Waals surface area (Å²) in [6.45, 7) is 0.225. The Hall–Kier alpha value is -2.02. The zero-order valence-corrected chi connectivity index (χ0v) is 10.7. The van der Waals surface area contributed by atoms with Gasteiger partial charge in [-0.15, -0.1) is 0 Å². The lowest BCUT2D eigenvalue weighted by Gasteiger charge is -2.09. The molecule has 0 unspecified atom stereocenters. The minimum Gasteiger partial charge on any atom is -0.378 e. The Morgan fingerprint density at radius 2 is 1.90 bits per heavy atom. The van der Waals surface area contributed by atoms with Gasteiger partial charge in [0.15, 0.2) is 0 Å². The zero-order valence-electron chi connectivity index (χ0n) is 9.96. The maximum absolute atomic E-state index is 12.4. The van der Waals surface area contributed by atoms with E-state index in [9.17, 15) is 18.0 Å². The number of halogens is 4. The van der Waals surface area contributed by atoms with Crippen LogP contribution >= 0.6 is 11.6 Å². The summed E-state index contributed by atoms with van der Waals surface area (Å²) in [5, 5.41) is 8.51. The van der Waals surface area contributed by atoms with Gasteiger partial charge in [0.05, 0.1) is 17.4 Å². The van der Waals surface area contributed by atoms with Crippen molar-refractivity contribution in [3.05, 3.63) is 57.0 Å². The summed E-state index contributed by atoms with van der Waals surface area (Å²) in [6.07, 6.45) is -3.03. The molecule has 1 aromatic carbocycles. The zero-order chi connectivity index (χ0) is 14.8. The normalized spacial score (nSPS) is 11.4. The Morgan fingerprint density at radius 3 is 2.50 bits per heavy atom. The Balaban J connectivity index is 2.08. The molecule has 0 amide bonds. The predicted molar refractivity (Wildman–Crippen MR) is 68.6 cm³/mol. The number of aromatic nitrogens is 2. The van der Waals surface area contributed by atoms with Crippen molar-refractivity contribution in [1.82, 2.24) is 10.2 Å². The molecule has 0 fully saturated rings. The van der Waals surface area contributed by atoms with E-state index in [4.69, 9.17) is 11.6 Å². The van der Waals surface area contributed by atoms with Gasteiger partial charge in [0.2, 0.25) is 0 Å². The van der Waals surface area contributed by atoms with E-state index < -0.39 is 17.3 Å². The molecule has 8 heteroatoms. The smallest absolute Gasteiger partial charge is 0.378 e. The van der Waals surface area contributed by atoms with Crippen LogP contribution in [0.1, 0.15) is 11.1 Å². The van der Waals surface area contributed by atoms with Crippen molar-refractivity contribution in [3.8, 4) is 0 Å². The number of hydrogen-bond acceptors (Lipinski definition) is 3. The van der Waals surface area contributed by atoms with Gasteiger partial charge in [-0.3, -0.25) is 4.79 Å². The molecular formula is C12H9ClF3N3O.